The van der Waals surface area contributed by atoms with E-state index in [1.54, 1.807) is 6.92 Å². The fraction of sp³-hybridized carbons (Fsp3) is 0.840. The highest BCUT2D eigenvalue weighted by atomic mass is 16.4. The molecule has 1 N–H and O–H groups in total. The zero-order valence-electron chi connectivity index (χ0n) is 20.0. The molecule has 180 valence electrons. The maximum absolute atomic E-state index is 12.2. The molecule has 0 aliphatic rings. The molecule has 0 aliphatic carbocycles. The van der Waals surface area contributed by atoms with Crippen LogP contribution in [0.25, 0.3) is 0 Å². The van der Waals surface area contributed by atoms with Gasteiger partial charge in [0.05, 0.1) is 0 Å². The van der Waals surface area contributed by atoms with Crippen molar-refractivity contribution < 1.29 is 24.3 Å². The number of hydrogen-bond acceptors (Lipinski definition) is 4. The largest absolute Gasteiger partial charge is 0.480 e. The topological polar surface area (TPSA) is 91.8 Å². The Balaban J connectivity index is 3.51. The zero-order chi connectivity index (χ0) is 23.3. The van der Waals surface area contributed by atoms with Gasteiger partial charge in [0, 0.05) is 25.8 Å². The van der Waals surface area contributed by atoms with Crippen molar-refractivity contribution in [2.24, 2.45) is 0 Å². The number of carbonyl (C=O) groups is 4. The Morgan fingerprint density at radius 2 is 0.903 bits per heavy atom. The lowest BCUT2D eigenvalue weighted by Crippen LogP contribution is -2.36. The molecule has 0 aromatic carbocycles. The van der Waals surface area contributed by atoms with Crippen LogP contribution in [0, 0.1) is 0 Å². The van der Waals surface area contributed by atoms with Crippen LogP contribution in [0.3, 0.4) is 0 Å². The number of rotatable bonds is 22. The minimum atomic E-state index is -1.04. The Morgan fingerprint density at radius 3 is 1.26 bits per heavy atom. The van der Waals surface area contributed by atoms with Gasteiger partial charge in [0.25, 0.3) is 0 Å². The monoisotopic (exact) mass is 439 g/mol. The van der Waals surface area contributed by atoms with Gasteiger partial charge in [0.1, 0.15) is 18.1 Å². The van der Waals surface area contributed by atoms with E-state index in [0.29, 0.717) is 12.2 Å². The summed E-state index contributed by atoms with van der Waals surface area (Å²) in [6.45, 7) is 2.98. The van der Waals surface area contributed by atoms with Crippen molar-refractivity contribution in [3.63, 3.8) is 0 Å². The van der Waals surface area contributed by atoms with Gasteiger partial charge in [0.15, 0.2) is 0 Å². The molecule has 0 saturated heterocycles. The molecule has 0 unspecified atom stereocenters. The maximum Gasteiger partial charge on any atom is 0.323 e. The summed E-state index contributed by atoms with van der Waals surface area (Å²) in [6, 6.07) is 0. The normalized spacial score (nSPS) is 10.8. The Morgan fingerprint density at radius 1 is 0.548 bits per heavy atom. The highest BCUT2D eigenvalue weighted by molar-refractivity contribution is 5.82. The molecule has 0 heterocycles. The molecular weight excluding hydrogens is 394 g/mol. The molecule has 0 spiro atoms. The molecule has 0 atom stereocenters. The molecule has 6 heteroatoms. The van der Waals surface area contributed by atoms with E-state index in [2.05, 4.69) is 0 Å². The Bertz CT molecular complexity index is 518. The van der Waals surface area contributed by atoms with Gasteiger partial charge in [0.2, 0.25) is 5.91 Å². The lowest BCUT2D eigenvalue weighted by atomic mass is 10.0. The van der Waals surface area contributed by atoms with Crippen LogP contribution < -0.4 is 0 Å². The first kappa shape index (κ1) is 29.3. The SMILES string of the molecule is CC(=O)CCCCCCCCCCCCCCCCC(=O)N(CCC(C)=O)CC(=O)O. The third-order valence-corrected chi connectivity index (χ3v) is 5.58. The number of nitrogens with zero attached hydrogens (tertiary/aromatic N) is 1. The molecule has 6 nitrogen and oxygen atoms in total. The lowest BCUT2D eigenvalue weighted by molar-refractivity contribution is -0.144. The van der Waals surface area contributed by atoms with Crippen LogP contribution in [-0.2, 0) is 19.2 Å². The number of amides is 1. The molecule has 0 rings (SSSR count). The van der Waals surface area contributed by atoms with Crippen LogP contribution in [0.1, 0.15) is 123 Å². The first-order valence-corrected chi connectivity index (χ1v) is 12.3. The first-order valence-electron chi connectivity index (χ1n) is 12.3. The highest BCUT2D eigenvalue weighted by Crippen LogP contribution is 2.14. The summed E-state index contributed by atoms with van der Waals surface area (Å²) >= 11 is 0. The van der Waals surface area contributed by atoms with Crippen molar-refractivity contribution in [1.82, 2.24) is 4.90 Å². The first-order chi connectivity index (χ1) is 14.8. The van der Waals surface area contributed by atoms with Gasteiger partial charge in [-0.3, -0.25) is 14.4 Å². The van der Waals surface area contributed by atoms with E-state index in [1.807, 2.05) is 0 Å². The molecular formula is C25H45NO5. The van der Waals surface area contributed by atoms with Crippen LogP contribution >= 0.6 is 0 Å². The summed E-state index contributed by atoms with van der Waals surface area (Å²) in [6.07, 6.45) is 17.9. The number of carboxylic acids is 1. The third kappa shape index (κ3) is 21.3. The predicted octanol–water partition coefficient (Wildman–Crippen LogP) is 5.71. The molecule has 31 heavy (non-hydrogen) atoms. The van der Waals surface area contributed by atoms with E-state index in [0.717, 1.165) is 32.1 Å². The van der Waals surface area contributed by atoms with Crippen molar-refractivity contribution in [2.45, 2.75) is 123 Å². The van der Waals surface area contributed by atoms with E-state index in [4.69, 9.17) is 5.11 Å². The quantitative estimate of drug-likeness (QED) is 0.218. The molecule has 0 saturated carbocycles. The molecule has 0 bridgehead atoms. The molecule has 0 aromatic heterocycles. The van der Waals surface area contributed by atoms with Gasteiger partial charge in [-0.15, -0.1) is 0 Å². The molecule has 0 aliphatic heterocycles. The van der Waals surface area contributed by atoms with Gasteiger partial charge >= 0.3 is 5.97 Å². The average Bonchev–Trinajstić information content (AvgIpc) is 2.69. The molecule has 0 aromatic rings. The summed E-state index contributed by atoms with van der Waals surface area (Å²) in [5.74, 6) is -0.939. The van der Waals surface area contributed by atoms with E-state index in [-0.39, 0.29) is 31.2 Å². The van der Waals surface area contributed by atoms with Crippen LogP contribution in [-0.4, -0.2) is 46.5 Å². The van der Waals surface area contributed by atoms with Crippen molar-refractivity contribution in [3.05, 3.63) is 0 Å². The van der Waals surface area contributed by atoms with E-state index < -0.39 is 5.97 Å². The van der Waals surface area contributed by atoms with Crippen molar-refractivity contribution in [2.75, 3.05) is 13.1 Å². The van der Waals surface area contributed by atoms with Crippen LogP contribution in [0.4, 0.5) is 0 Å². The second-order valence-corrected chi connectivity index (χ2v) is 8.81. The Hall–Kier alpha value is -1.72. The standard InChI is InChI=1S/C25H45NO5/c1-22(27)17-15-13-11-9-7-5-3-4-6-8-10-12-14-16-18-24(29)26(21-25(30)31)20-19-23(2)28/h3-21H2,1-2H3,(H,30,31). The minimum absolute atomic E-state index is 0.0377. The van der Waals surface area contributed by atoms with E-state index >= 15 is 0 Å². The number of aliphatic carboxylic acids is 1. The summed E-state index contributed by atoms with van der Waals surface area (Å²) in [7, 11) is 0. The molecule has 0 fully saturated rings. The van der Waals surface area contributed by atoms with Crippen molar-refractivity contribution in [1.29, 1.82) is 0 Å². The summed E-state index contributed by atoms with van der Waals surface area (Å²) in [5, 5.41) is 8.93. The van der Waals surface area contributed by atoms with E-state index in [9.17, 15) is 19.2 Å². The van der Waals surface area contributed by atoms with Gasteiger partial charge in [-0.1, -0.05) is 77.0 Å². The second-order valence-electron chi connectivity index (χ2n) is 8.81. The Kier molecular flexibility index (Phi) is 19.1. The zero-order valence-corrected chi connectivity index (χ0v) is 20.0. The van der Waals surface area contributed by atoms with Gasteiger partial charge in [-0.05, 0) is 26.7 Å². The molecule has 0 radical (unpaired) electrons. The highest BCUT2D eigenvalue weighted by Gasteiger charge is 2.16. The lowest BCUT2D eigenvalue weighted by Gasteiger charge is -2.20. The minimum Gasteiger partial charge on any atom is -0.480 e. The number of unbranched alkanes of at least 4 members (excludes halogenated alkanes) is 13. The van der Waals surface area contributed by atoms with Gasteiger partial charge in [-0.2, -0.15) is 0 Å². The molecule has 1 amide bonds. The summed E-state index contributed by atoms with van der Waals surface area (Å²) in [4.78, 5) is 46.3. The van der Waals surface area contributed by atoms with Crippen molar-refractivity contribution in [3.8, 4) is 0 Å². The number of hydrogen-bond donors (Lipinski definition) is 1. The van der Waals surface area contributed by atoms with E-state index in [1.165, 1.54) is 76.0 Å². The second kappa shape index (κ2) is 20.2. The van der Waals surface area contributed by atoms with Gasteiger partial charge in [-0.25, -0.2) is 0 Å². The predicted molar refractivity (Wildman–Crippen MR) is 124 cm³/mol. The summed E-state index contributed by atoms with van der Waals surface area (Å²) < 4.78 is 0. The van der Waals surface area contributed by atoms with Crippen LogP contribution in [0.2, 0.25) is 0 Å². The third-order valence-electron chi connectivity index (χ3n) is 5.58. The fourth-order valence-corrected chi connectivity index (χ4v) is 3.68. The number of carboxylic acid groups (broad SMARTS) is 1. The fourth-order valence-electron chi connectivity index (χ4n) is 3.68. The number of carbonyl (C=O) groups excluding carboxylic acids is 3. The van der Waals surface area contributed by atoms with Gasteiger partial charge < -0.3 is 14.8 Å². The average molecular weight is 440 g/mol. The smallest absolute Gasteiger partial charge is 0.323 e. The number of ketones is 2. The maximum atomic E-state index is 12.2. The Labute approximate surface area is 189 Å². The van der Waals surface area contributed by atoms with Crippen LogP contribution in [0.15, 0.2) is 0 Å². The van der Waals surface area contributed by atoms with Crippen LogP contribution in [0.5, 0.6) is 0 Å². The summed E-state index contributed by atoms with van der Waals surface area (Å²) in [5.41, 5.74) is 0. The van der Waals surface area contributed by atoms with Crippen molar-refractivity contribution >= 4 is 23.4 Å². The number of Topliss-reactive ketones (excluding diaryl/α,β-unsaturated/α-hetero) is 2.